The van der Waals surface area contributed by atoms with Gasteiger partial charge < -0.3 is 15.1 Å². The maximum absolute atomic E-state index is 12.5. The molecular weight excluding hydrogens is 419 g/mol. The summed E-state index contributed by atoms with van der Waals surface area (Å²) in [6, 6.07) is 2.11. The molecule has 0 bridgehead atoms. The van der Waals surface area contributed by atoms with Crippen molar-refractivity contribution in [3.05, 3.63) is 18.5 Å². The standard InChI is InChI=1S/C16H28N6O.HI/c1-13(2)22-14(23)11-20(12-16(22,3)4)15(17-5)18-8-10-21-9-6-7-19-21;/h6-7,9,13H,8,10-12H2,1-5H3,(H,17,18);1H. The summed E-state index contributed by atoms with van der Waals surface area (Å²) >= 11 is 0. The highest BCUT2D eigenvalue weighted by Crippen LogP contribution is 2.24. The maximum atomic E-state index is 12.5. The van der Waals surface area contributed by atoms with Crippen molar-refractivity contribution in [2.45, 2.75) is 45.8 Å². The molecule has 0 aromatic carbocycles. The van der Waals surface area contributed by atoms with Crippen molar-refractivity contribution in [1.29, 1.82) is 0 Å². The molecule has 8 heteroatoms. The molecule has 2 heterocycles. The van der Waals surface area contributed by atoms with Crippen LogP contribution in [0, 0.1) is 0 Å². The molecule has 2 rings (SSSR count). The highest BCUT2D eigenvalue weighted by atomic mass is 127. The Hall–Kier alpha value is -1.32. The zero-order chi connectivity index (χ0) is 17.0. The SMILES string of the molecule is CN=C(NCCn1cccn1)N1CC(=O)N(C(C)C)C(C)(C)C1.I. The third-order valence-electron chi connectivity index (χ3n) is 4.04. The van der Waals surface area contributed by atoms with E-state index in [2.05, 4.69) is 43.1 Å². The topological polar surface area (TPSA) is 65.8 Å². The summed E-state index contributed by atoms with van der Waals surface area (Å²) in [5.41, 5.74) is -0.219. The van der Waals surface area contributed by atoms with E-state index in [4.69, 9.17) is 0 Å². The van der Waals surface area contributed by atoms with Crippen molar-refractivity contribution in [3.63, 3.8) is 0 Å². The van der Waals surface area contributed by atoms with E-state index in [0.717, 1.165) is 19.0 Å². The summed E-state index contributed by atoms with van der Waals surface area (Å²) in [5.74, 6) is 0.910. The van der Waals surface area contributed by atoms with E-state index in [1.807, 2.05) is 26.7 Å². The van der Waals surface area contributed by atoms with Gasteiger partial charge in [-0.15, -0.1) is 24.0 Å². The van der Waals surface area contributed by atoms with E-state index >= 15 is 0 Å². The predicted octanol–water partition coefficient (Wildman–Crippen LogP) is 1.41. The number of carbonyl (C=O) groups excluding carboxylic acids is 1. The van der Waals surface area contributed by atoms with Gasteiger partial charge in [0, 0.05) is 38.6 Å². The number of hydrogen-bond donors (Lipinski definition) is 1. The first kappa shape index (κ1) is 20.7. The van der Waals surface area contributed by atoms with Gasteiger partial charge >= 0.3 is 0 Å². The van der Waals surface area contributed by atoms with Gasteiger partial charge in [-0.2, -0.15) is 5.10 Å². The van der Waals surface area contributed by atoms with Crippen molar-refractivity contribution in [2.24, 2.45) is 4.99 Å². The number of hydrogen-bond acceptors (Lipinski definition) is 3. The molecule has 1 aliphatic rings. The van der Waals surface area contributed by atoms with Gasteiger partial charge in [-0.1, -0.05) is 0 Å². The Morgan fingerprint density at radius 1 is 1.46 bits per heavy atom. The normalized spacial score (nSPS) is 17.9. The number of rotatable bonds is 4. The molecule has 24 heavy (non-hydrogen) atoms. The van der Waals surface area contributed by atoms with E-state index in [1.165, 1.54) is 0 Å². The van der Waals surface area contributed by atoms with E-state index in [1.54, 1.807) is 13.2 Å². The third-order valence-corrected chi connectivity index (χ3v) is 4.04. The molecule has 1 fully saturated rings. The summed E-state index contributed by atoms with van der Waals surface area (Å²) < 4.78 is 1.87. The smallest absolute Gasteiger partial charge is 0.242 e. The minimum atomic E-state index is -0.219. The molecule has 0 saturated carbocycles. The molecule has 1 amide bonds. The van der Waals surface area contributed by atoms with Crippen LogP contribution in [0.25, 0.3) is 0 Å². The molecule has 7 nitrogen and oxygen atoms in total. The molecule has 0 atom stereocenters. The van der Waals surface area contributed by atoms with Crippen molar-refractivity contribution in [2.75, 3.05) is 26.7 Å². The van der Waals surface area contributed by atoms with Crippen LogP contribution < -0.4 is 5.32 Å². The second-order valence-electron chi connectivity index (χ2n) is 6.77. The number of nitrogens with one attached hydrogen (secondary N) is 1. The summed E-state index contributed by atoms with van der Waals surface area (Å²) in [6.07, 6.45) is 3.69. The largest absolute Gasteiger partial charge is 0.354 e. The average Bonchev–Trinajstić information content (AvgIpc) is 2.94. The van der Waals surface area contributed by atoms with Crippen LogP contribution in [0.4, 0.5) is 0 Å². The molecule has 1 aromatic heterocycles. The Bertz CT molecular complexity index is 555. The molecular formula is C16H29IN6O. The van der Waals surface area contributed by atoms with Crippen LogP contribution in [0.3, 0.4) is 0 Å². The van der Waals surface area contributed by atoms with E-state index in [-0.39, 0.29) is 41.5 Å². The predicted molar refractivity (Wildman–Crippen MR) is 107 cm³/mol. The Balaban J connectivity index is 0.00000288. The lowest BCUT2D eigenvalue weighted by atomic mass is 9.96. The molecule has 1 aliphatic heterocycles. The van der Waals surface area contributed by atoms with Crippen molar-refractivity contribution >= 4 is 35.8 Å². The van der Waals surface area contributed by atoms with Crippen LogP contribution in [0.5, 0.6) is 0 Å². The molecule has 136 valence electrons. The van der Waals surface area contributed by atoms with Gasteiger partial charge in [0.05, 0.1) is 18.6 Å². The minimum Gasteiger partial charge on any atom is -0.354 e. The van der Waals surface area contributed by atoms with Gasteiger partial charge in [-0.05, 0) is 33.8 Å². The van der Waals surface area contributed by atoms with Gasteiger partial charge in [0.25, 0.3) is 0 Å². The van der Waals surface area contributed by atoms with Crippen molar-refractivity contribution in [1.82, 2.24) is 24.9 Å². The lowest BCUT2D eigenvalue weighted by Crippen LogP contribution is -2.66. The lowest BCUT2D eigenvalue weighted by Gasteiger charge is -2.49. The number of aliphatic imine (C=N–C) groups is 1. The summed E-state index contributed by atoms with van der Waals surface area (Å²) in [4.78, 5) is 20.9. The molecule has 1 N–H and O–H groups in total. The number of guanidine groups is 1. The average molecular weight is 448 g/mol. The fourth-order valence-electron chi connectivity index (χ4n) is 3.36. The van der Waals surface area contributed by atoms with Gasteiger partial charge in [0.1, 0.15) is 0 Å². The van der Waals surface area contributed by atoms with Crippen LogP contribution in [-0.4, -0.2) is 69.7 Å². The molecule has 1 saturated heterocycles. The van der Waals surface area contributed by atoms with Crippen molar-refractivity contribution < 1.29 is 4.79 Å². The monoisotopic (exact) mass is 448 g/mol. The van der Waals surface area contributed by atoms with Crippen molar-refractivity contribution in [3.8, 4) is 0 Å². The maximum Gasteiger partial charge on any atom is 0.242 e. The highest BCUT2D eigenvalue weighted by molar-refractivity contribution is 14.0. The van der Waals surface area contributed by atoms with Crippen LogP contribution in [0.1, 0.15) is 27.7 Å². The second kappa shape index (κ2) is 8.68. The number of aromatic nitrogens is 2. The van der Waals surface area contributed by atoms with E-state index in [0.29, 0.717) is 13.1 Å². The Labute approximate surface area is 161 Å². The summed E-state index contributed by atoms with van der Waals surface area (Å²) in [6.45, 7) is 10.9. The van der Waals surface area contributed by atoms with Crippen LogP contribution >= 0.6 is 24.0 Å². The van der Waals surface area contributed by atoms with Gasteiger partial charge in [0.15, 0.2) is 5.96 Å². The fraction of sp³-hybridized carbons (Fsp3) is 0.688. The highest BCUT2D eigenvalue weighted by Gasteiger charge is 2.40. The van der Waals surface area contributed by atoms with Crippen LogP contribution in [0.15, 0.2) is 23.5 Å². The van der Waals surface area contributed by atoms with Crippen LogP contribution in [-0.2, 0) is 11.3 Å². The lowest BCUT2D eigenvalue weighted by molar-refractivity contribution is -0.145. The minimum absolute atomic E-state index is 0. The molecule has 0 radical (unpaired) electrons. The zero-order valence-corrected chi connectivity index (χ0v) is 17.5. The van der Waals surface area contributed by atoms with Gasteiger partial charge in [0.2, 0.25) is 5.91 Å². The van der Waals surface area contributed by atoms with Gasteiger partial charge in [-0.25, -0.2) is 0 Å². The fourth-order valence-corrected chi connectivity index (χ4v) is 3.36. The van der Waals surface area contributed by atoms with Gasteiger partial charge in [-0.3, -0.25) is 14.5 Å². The quantitative estimate of drug-likeness (QED) is 0.430. The van der Waals surface area contributed by atoms with E-state index in [9.17, 15) is 4.79 Å². The number of piperazine rings is 1. The Morgan fingerprint density at radius 3 is 2.67 bits per heavy atom. The number of nitrogens with zero attached hydrogens (tertiary/aromatic N) is 5. The summed E-state index contributed by atoms with van der Waals surface area (Å²) in [5, 5.41) is 7.50. The Morgan fingerprint density at radius 2 is 2.17 bits per heavy atom. The Kier molecular flexibility index (Phi) is 7.50. The first-order valence-electron chi connectivity index (χ1n) is 8.10. The molecule has 0 spiro atoms. The number of halogens is 1. The second-order valence-corrected chi connectivity index (χ2v) is 6.77. The number of amides is 1. The van der Waals surface area contributed by atoms with Crippen LogP contribution in [0.2, 0.25) is 0 Å². The third kappa shape index (κ3) is 4.84. The summed E-state index contributed by atoms with van der Waals surface area (Å²) in [7, 11) is 1.75. The first-order valence-corrected chi connectivity index (χ1v) is 8.10. The van der Waals surface area contributed by atoms with E-state index < -0.39 is 0 Å². The zero-order valence-electron chi connectivity index (χ0n) is 15.2. The molecule has 0 unspecified atom stereocenters. The molecule has 0 aliphatic carbocycles. The first-order chi connectivity index (χ1) is 10.8. The number of carbonyl (C=O) groups is 1. The molecule has 1 aromatic rings.